The number of para-hydroxylation sites is 2. The van der Waals surface area contributed by atoms with Crippen molar-refractivity contribution in [2.24, 2.45) is 5.10 Å². The van der Waals surface area contributed by atoms with Gasteiger partial charge in [0.15, 0.2) is 0 Å². The number of carbonyl (C=O) groups is 3. The van der Waals surface area contributed by atoms with E-state index in [9.17, 15) is 14.4 Å². The second-order valence-corrected chi connectivity index (χ2v) is 8.91. The van der Waals surface area contributed by atoms with Crippen LogP contribution in [-0.4, -0.2) is 30.2 Å². The van der Waals surface area contributed by atoms with Crippen LogP contribution >= 0.6 is 0 Å². The highest BCUT2D eigenvalue weighted by Crippen LogP contribution is 2.26. The highest BCUT2D eigenvalue weighted by atomic mass is 16.7. The summed E-state index contributed by atoms with van der Waals surface area (Å²) in [6, 6.07) is 21.6. The molecule has 1 aliphatic heterocycles. The predicted molar refractivity (Wildman–Crippen MR) is 155 cm³/mol. The molecule has 0 fully saturated rings. The summed E-state index contributed by atoms with van der Waals surface area (Å²) in [5.74, 6) is -1.46. The summed E-state index contributed by atoms with van der Waals surface area (Å²) in [5.41, 5.74) is 7.66. The third-order valence-corrected chi connectivity index (χ3v) is 6.34. The van der Waals surface area contributed by atoms with Crippen LogP contribution < -0.4 is 15.8 Å². The molecular formula is C31H32N4O5. The Balaban J connectivity index is 1.52. The standard InChI is InChI=1S/C31H32N4O5/c1-4-21-11-7-9-13-26(21)32-20-25-28(19-29(36)39-6-3)33-35(30(25)37)24-17-15-23(16-18-24)31(38)40-34-27-14-10-8-12-22(27)5-2/h7-18,20,32,34H,4-6,19H2,1-3H3. The molecule has 3 aromatic rings. The van der Waals surface area contributed by atoms with Gasteiger partial charge in [0.1, 0.15) is 0 Å². The smallest absolute Gasteiger partial charge is 0.362 e. The number of nitrogens with one attached hydrogen (secondary N) is 2. The molecule has 0 radical (unpaired) electrons. The van der Waals surface area contributed by atoms with Gasteiger partial charge in [0.25, 0.3) is 5.91 Å². The minimum Gasteiger partial charge on any atom is -0.466 e. The molecule has 9 nitrogen and oxygen atoms in total. The molecule has 1 amide bonds. The molecule has 0 saturated heterocycles. The molecular weight excluding hydrogens is 508 g/mol. The van der Waals surface area contributed by atoms with Gasteiger partial charge in [-0.1, -0.05) is 50.2 Å². The van der Waals surface area contributed by atoms with Crippen LogP contribution in [0.5, 0.6) is 0 Å². The molecule has 1 aliphatic rings. The quantitative estimate of drug-likeness (QED) is 0.184. The van der Waals surface area contributed by atoms with Crippen LogP contribution in [0.1, 0.15) is 48.7 Å². The summed E-state index contributed by atoms with van der Waals surface area (Å²) < 4.78 is 5.08. The number of anilines is 3. The first-order chi connectivity index (χ1) is 19.4. The lowest BCUT2D eigenvalue weighted by atomic mass is 10.1. The Morgan fingerprint density at radius 3 is 2.15 bits per heavy atom. The predicted octanol–water partition coefficient (Wildman–Crippen LogP) is 5.65. The average molecular weight is 541 g/mol. The first kappa shape index (κ1) is 28.1. The third kappa shape index (κ3) is 6.55. The van der Waals surface area contributed by atoms with E-state index in [4.69, 9.17) is 9.57 Å². The molecule has 9 heteroatoms. The topological polar surface area (TPSA) is 109 Å². The number of rotatable bonds is 11. The number of aryl methyl sites for hydroxylation is 2. The zero-order valence-corrected chi connectivity index (χ0v) is 22.8. The van der Waals surface area contributed by atoms with Crippen molar-refractivity contribution in [2.75, 3.05) is 22.4 Å². The lowest BCUT2D eigenvalue weighted by molar-refractivity contribution is -0.141. The summed E-state index contributed by atoms with van der Waals surface area (Å²) in [6.07, 6.45) is 3.01. The van der Waals surface area contributed by atoms with Gasteiger partial charge in [-0.15, -0.1) is 0 Å². The molecule has 40 heavy (non-hydrogen) atoms. The van der Waals surface area contributed by atoms with Crippen LogP contribution in [0.4, 0.5) is 17.1 Å². The monoisotopic (exact) mass is 540 g/mol. The minimum absolute atomic E-state index is 0.158. The Kier molecular flexibility index (Phi) is 9.30. The van der Waals surface area contributed by atoms with Crippen molar-refractivity contribution in [3.8, 4) is 0 Å². The van der Waals surface area contributed by atoms with E-state index in [0.717, 1.165) is 35.3 Å². The lowest BCUT2D eigenvalue weighted by Crippen LogP contribution is -2.22. The minimum atomic E-state index is -0.573. The summed E-state index contributed by atoms with van der Waals surface area (Å²) in [7, 11) is 0. The molecule has 0 atom stereocenters. The molecule has 2 N–H and O–H groups in total. The molecule has 206 valence electrons. The van der Waals surface area contributed by atoms with Gasteiger partial charge in [-0.2, -0.15) is 10.1 Å². The van der Waals surface area contributed by atoms with Gasteiger partial charge < -0.3 is 14.9 Å². The SMILES string of the molecule is CCOC(=O)CC1=NN(c2ccc(C(=O)ONc3ccccc3CC)cc2)C(=O)C1=CNc1ccccc1CC. The molecule has 0 aromatic heterocycles. The van der Waals surface area contributed by atoms with Crippen molar-refractivity contribution in [3.63, 3.8) is 0 Å². The number of hydrogen-bond donors (Lipinski definition) is 2. The molecule has 0 aliphatic carbocycles. The van der Waals surface area contributed by atoms with Gasteiger partial charge in [-0.05, 0) is 67.3 Å². The Morgan fingerprint density at radius 1 is 0.875 bits per heavy atom. The van der Waals surface area contributed by atoms with E-state index >= 15 is 0 Å². The second-order valence-electron chi connectivity index (χ2n) is 8.91. The fourth-order valence-electron chi connectivity index (χ4n) is 4.20. The highest BCUT2D eigenvalue weighted by molar-refractivity contribution is 6.32. The number of hydrazone groups is 1. The number of nitrogens with zero attached hydrogens (tertiary/aromatic N) is 2. The summed E-state index contributed by atoms with van der Waals surface area (Å²) in [4.78, 5) is 43.6. The largest absolute Gasteiger partial charge is 0.466 e. The zero-order valence-electron chi connectivity index (χ0n) is 22.8. The Labute approximate surface area is 233 Å². The van der Waals surface area contributed by atoms with Crippen molar-refractivity contribution in [1.82, 2.24) is 0 Å². The van der Waals surface area contributed by atoms with E-state index in [1.165, 1.54) is 5.01 Å². The number of amides is 1. The van der Waals surface area contributed by atoms with Crippen LogP contribution in [0.15, 0.2) is 89.7 Å². The maximum absolute atomic E-state index is 13.4. The van der Waals surface area contributed by atoms with Crippen molar-refractivity contribution >= 4 is 40.6 Å². The number of hydrogen-bond acceptors (Lipinski definition) is 8. The van der Waals surface area contributed by atoms with E-state index in [2.05, 4.69) is 15.9 Å². The number of benzene rings is 3. The molecule has 4 rings (SSSR count). The summed E-state index contributed by atoms with van der Waals surface area (Å²) >= 11 is 0. The summed E-state index contributed by atoms with van der Waals surface area (Å²) in [5, 5.41) is 8.83. The Bertz CT molecular complexity index is 1450. The van der Waals surface area contributed by atoms with Gasteiger partial charge >= 0.3 is 11.9 Å². The number of carbonyl (C=O) groups excluding carboxylic acids is 3. The molecule has 0 bridgehead atoms. The Morgan fingerprint density at radius 2 is 1.50 bits per heavy atom. The average Bonchev–Trinajstić information content (AvgIpc) is 3.29. The fourth-order valence-corrected chi connectivity index (χ4v) is 4.20. The van der Waals surface area contributed by atoms with Gasteiger partial charge in [0.05, 0.1) is 41.3 Å². The van der Waals surface area contributed by atoms with Crippen molar-refractivity contribution in [3.05, 3.63) is 101 Å². The Hall–Kier alpha value is -4.92. The van der Waals surface area contributed by atoms with Crippen molar-refractivity contribution in [1.29, 1.82) is 0 Å². The first-order valence-electron chi connectivity index (χ1n) is 13.2. The van der Waals surface area contributed by atoms with Crippen molar-refractivity contribution < 1.29 is 24.0 Å². The molecule has 0 spiro atoms. The van der Waals surface area contributed by atoms with Crippen LogP contribution in [0.2, 0.25) is 0 Å². The molecule has 0 unspecified atom stereocenters. The first-order valence-corrected chi connectivity index (χ1v) is 13.2. The van der Waals surface area contributed by atoms with Gasteiger partial charge in [0.2, 0.25) is 0 Å². The van der Waals surface area contributed by atoms with E-state index in [1.807, 2.05) is 62.4 Å². The maximum atomic E-state index is 13.4. The molecule has 0 saturated carbocycles. The van der Waals surface area contributed by atoms with Crippen LogP contribution in [0, 0.1) is 0 Å². The molecule has 1 heterocycles. The maximum Gasteiger partial charge on any atom is 0.362 e. The van der Waals surface area contributed by atoms with Crippen molar-refractivity contribution in [2.45, 2.75) is 40.0 Å². The summed E-state index contributed by atoms with van der Waals surface area (Å²) in [6.45, 7) is 6.00. The number of esters is 1. The van der Waals surface area contributed by atoms with Gasteiger partial charge in [-0.3, -0.25) is 9.59 Å². The van der Waals surface area contributed by atoms with E-state index in [0.29, 0.717) is 11.3 Å². The van der Waals surface area contributed by atoms with Crippen LogP contribution in [0.3, 0.4) is 0 Å². The zero-order chi connectivity index (χ0) is 28.5. The second kappa shape index (κ2) is 13.2. The van der Waals surface area contributed by atoms with E-state index in [1.54, 1.807) is 37.4 Å². The molecule has 3 aromatic carbocycles. The van der Waals surface area contributed by atoms with Crippen LogP contribution in [-0.2, 0) is 32.0 Å². The van der Waals surface area contributed by atoms with E-state index < -0.39 is 17.8 Å². The van der Waals surface area contributed by atoms with E-state index in [-0.39, 0.29) is 24.3 Å². The third-order valence-electron chi connectivity index (χ3n) is 6.34. The van der Waals surface area contributed by atoms with Gasteiger partial charge in [-0.25, -0.2) is 10.3 Å². The lowest BCUT2D eigenvalue weighted by Gasteiger charge is -2.13. The normalized spacial score (nSPS) is 13.7. The van der Waals surface area contributed by atoms with Crippen LogP contribution in [0.25, 0.3) is 0 Å². The number of ether oxygens (including phenoxy) is 1. The highest BCUT2D eigenvalue weighted by Gasteiger charge is 2.33. The fraction of sp³-hybridized carbons (Fsp3) is 0.226. The van der Waals surface area contributed by atoms with Gasteiger partial charge in [0, 0.05) is 11.9 Å².